The van der Waals surface area contributed by atoms with Crippen molar-refractivity contribution in [1.29, 1.82) is 0 Å². The van der Waals surface area contributed by atoms with Gasteiger partial charge in [-0.15, -0.1) is 11.3 Å². The van der Waals surface area contributed by atoms with Gasteiger partial charge >= 0.3 is 12.0 Å². The van der Waals surface area contributed by atoms with Crippen LogP contribution in [0.5, 0.6) is 0 Å². The molecule has 5 nitrogen and oxygen atoms in total. The molecule has 1 aliphatic heterocycles. The molecule has 18 heavy (non-hydrogen) atoms. The number of rotatable bonds is 2. The van der Waals surface area contributed by atoms with Gasteiger partial charge in [0.1, 0.15) is 0 Å². The van der Waals surface area contributed by atoms with Crippen LogP contribution in [0.15, 0.2) is 10.8 Å². The van der Waals surface area contributed by atoms with Crippen LogP contribution in [0.25, 0.3) is 0 Å². The van der Waals surface area contributed by atoms with Gasteiger partial charge in [0.15, 0.2) is 0 Å². The monoisotopic (exact) mass is 268 g/mol. The molecule has 0 spiro atoms. The molecule has 2 rings (SSSR count). The average Bonchev–Trinajstić information content (AvgIpc) is 2.87. The minimum atomic E-state index is -0.843. The first-order valence-corrected chi connectivity index (χ1v) is 6.69. The van der Waals surface area contributed by atoms with Crippen LogP contribution in [0.4, 0.5) is 10.5 Å². The highest BCUT2D eigenvalue weighted by Gasteiger charge is 2.42. The SMILES string of the molecule is Cc1cscc1NC(=O)N1CCC(C)(C(=O)O)C1. The Morgan fingerprint density at radius 1 is 1.50 bits per heavy atom. The Balaban J connectivity index is 2.00. The zero-order valence-electron chi connectivity index (χ0n) is 10.4. The summed E-state index contributed by atoms with van der Waals surface area (Å²) in [5, 5.41) is 15.8. The van der Waals surface area contributed by atoms with Gasteiger partial charge in [-0.3, -0.25) is 4.79 Å². The van der Waals surface area contributed by atoms with Crippen molar-refractivity contribution in [3.8, 4) is 0 Å². The number of likely N-dealkylation sites (tertiary alicyclic amines) is 1. The molecule has 1 aromatic heterocycles. The minimum Gasteiger partial charge on any atom is -0.481 e. The Hall–Kier alpha value is -1.56. The first kappa shape index (κ1) is 12.9. The minimum absolute atomic E-state index is 0.221. The lowest BCUT2D eigenvalue weighted by molar-refractivity contribution is -0.146. The maximum absolute atomic E-state index is 12.0. The number of nitrogens with zero attached hydrogens (tertiary/aromatic N) is 1. The molecule has 98 valence electrons. The van der Waals surface area contributed by atoms with Crippen LogP contribution in [0.3, 0.4) is 0 Å². The summed E-state index contributed by atoms with van der Waals surface area (Å²) >= 11 is 1.53. The maximum atomic E-state index is 12.0. The molecule has 1 unspecified atom stereocenters. The summed E-state index contributed by atoms with van der Waals surface area (Å²) in [6.45, 7) is 4.35. The van der Waals surface area contributed by atoms with E-state index in [9.17, 15) is 9.59 Å². The summed E-state index contributed by atoms with van der Waals surface area (Å²) in [6.07, 6.45) is 0.498. The molecular weight excluding hydrogens is 252 g/mol. The van der Waals surface area contributed by atoms with Gasteiger partial charge in [-0.05, 0) is 31.2 Å². The van der Waals surface area contributed by atoms with Gasteiger partial charge in [0, 0.05) is 18.5 Å². The molecule has 1 atom stereocenters. The van der Waals surface area contributed by atoms with E-state index >= 15 is 0 Å². The van der Waals surface area contributed by atoms with Crippen molar-refractivity contribution in [3.05, 3.63) is 16.3 Å². The molecule has 0 aliphatic carbocycles. The van der Waals surface area contributed by atoms with Crippen molar-refractivity contribution in [3.63, 3.8) is 0 Å². The third kappa shape index (κ3) is 2.33. The predicted molar refractivity (Wildman–Crippen MR) is 70.0 cm³/mol. The highest BCUT2D eigenvalue weighted by molar-refractivity contribution is 7.08. The fraction of sp³-hybridized carbons (Fsp3) is 0.500. The summed E-state index contributed by atoms with van der Waals surface area (Å²) in [4.78, 5) is 24.7. The number of carboxylic acid groups (broad SMARTS) is 1. The van der Waals surface area contributed by atoms with Crippen LogP contribution in [-0.2, 0) is 4.79 Å². The van der Waals surface area contributed by atoms with Crippen molar-refractivity contribution in [2.24, 2.45) is 5.41 Å². The number of hydrogen-bond acceptors (Lipinski definition) is 3. The van der Waals surface area contributed by atoms with Gasteiger partial charge < -0.3 is 15.3 Å². The van der Waals surface area contributed by atoms with Crippen LogP contribution in [0, 0.1) is 12.3 Å². The van der Waals surface area contributed by atoms with E-state index in [1.807, 2.05) is 17.7 Å². The number of anilines is 1. The molecule has 2 amide bonds. The van der Waals surface area contributed by atoms with Gasteiger partial charge in [-0.2, -0.15) is 0 Å². The number of urea groups is 1. The summed E-state index contributed by atoms with van der Waals surface area (Å²) in [7, 11) is 0. The standard InChI is InChI=1S/C12H16N2O3S/c1-8-5-18-6-9(8)13-11(17)14-4-3-12(2,7-14)10(15)16/h5-6H,3-4,7H2,1-2H3,(H,13,17)(H,15,16). The number of aryl methyl sites for hydroxylation is 1. The van der Waals surface area contributed by atoms with Gasteiger partial charge in [-0.1, -0.05) is 0 Å². The van der Waals surface area contributed by atoms with Crippen LogP contribution in [-0.4, -0.2) is 35.1 Å². The Bertz CT molecular complexity index is 485. The molecule has 1 saturated heterocycles. The zero-order valence-corrected chi connectivity index (χ0v) is 11.2. The van der Waals surface area contributed by atoms with Crippen molar-refractivity contribution in [2.75, 3.05) is 18.4 Å². The number of carboxylic acids is 1. The van der Waals surface area contributed by atoms with E-state index in [2.05, 4.69) is 5.32 Å². The van der Waals surface area contributed by atoms with E-state index in [0.29, 0.717) is 13.0 Å². The van der Waals surface area contributed by atoms with Crippen LogP contribution < -0.4 is 5.32 Å². The van der Waals surface area contributed by atoms with E-state index in [1.54, 1.807) is 11.8 Å². The lowest BCUT2D eigenvalue weighted by Crippen LogP contribution is -2.37. The summed E-state index contributed by atoms with van der Waals surface area (Å²) in [5.74, 6) is -0.843. The van der Waals surface area contributed by atoms with Crippen molar-refractivity contribution in [2.45, 2.75) is 20.3 Å². The second kappa shape index (κ2) is 4.61. The van der Waals surface area contributed by atoms with E-state index in [4.69, 9.17) is 5.11 Å². The van der Waals surface area contributed by atoms with Gasteiger partial charge in [-0.25, -0.2) is 4.79 Å². The topological polar surface area (TPSA) is 69.6 Å². The Morgan fingerprint density at radius 3 is 2.72 bits per heavy atom. The van der Waals surface area contributed by atoms with Gasteiger partial charge in [0.25, 0.3) is 0 Å². The predicted octanol–water partition coefficient (Wildman–Crippen LogP) is 2.39. The highest BCUT2D eigenvalue weighted by Crippen LogP contribution is 2.30. The molecule has 1 aromatic rings. The van der Waals surface area contributed by atoms with Crippen molar-refractivity contribution < 1.29 is 14.7 Å². The summed E-state index contributed by atoms with van der Waals surface area (Å²) in [5.41, 5.74) is 1.00. The lowest BCUT2D eigenvalue weighted by Gasteiger charge is -2.20. The molecule has 2 N–H and O–H groups in total. The van der Waals surface area contributed by atoms with Crippen molar-refractivity contribution in [1.82, 2.24) is 4.90 Å². The second-order valence-corrected chi connectivity index (χ2v) is 5.68. The van der Waals surface area contributed by atoms with E-state index in [1.165, 1.54) is 11.3 Å². The first-order chi connectivity index (χ1) is 8.42. The number of hydrogen-bond donors (Lipinski definition) is 2. The van der Waals surface area contributed by atoms with Crippen LogP contribution in [0.1, 0.15) is 18.9 Å². The zero-order chi connectivity index (χ0) is 13.3. The first-order valence-electron chi connectivity index (χ1n) is 5.74. The molecule has 2 heterocycles. The normalized spacial score (nSPS) is 23.1. The summed E-state index contributed by atoms with van der Waals surface area (Å²) < 4.78 is 0. The number of aliphatic carboxylic acids is 1. The third-order valence-corrected chi connectivity index (χ3v) is 4.24. The fourth-order valence-electron chi connectivity index (χ4n) is 1.99. The van der Waals surface area contributed by atoms with Crippen molar-refractivity contribution >= 4 is 29.0 Å². The largest absolute Gasteiger partial charge is 0.481 e. The quantitative estimate of drug-likeness (QED) is 0.865. The molecular formula is C12H16N2O3S. The number of amides is 2. The molecule has 0 aromatic carbocycles. The van der Waals surface area contributed by atoms with Gasteiger partial charge in [0.2, 0.25) is 0 Å². The Labute approximate surface area is 109 Å². The molecule has 6 heteroatoms. The molecule has 0 radical (unpaired) electrons. The number of carbonyl (C=O) groups is 2. The second-order valence-electron chi connectivity index (χ2n) is 4.94. The average molecular weight is 268 g/mol. The number of thiophene rings is 1. The lowest BCUT2D eigenvalue weighted by atomic mass is 9.90. The summed E-state index contributed by atoms with van der Waals surface area (Å²) in [6, 6.07) is -0.221. The molecule has 1 fully saturated rings. The number of nitrogens with one attached hydrogen (secondary N) is 1. The maximum Gasteiger partial charge on any atom is 0.321 e. The fourth-order valence-corrected chi connectivity index (χ4v) is 2.77. The highest BCUT2D eigenvalue weighted by atomic mass is 32.1. The van der Waals surface area contributed by atoms with E-state index < -0.39 is 11.4 Å². The Kier molecular flexibility index (Phi) is 3.30. The van der Waals surface area contributed by atoms with Crippen LogP contribution >= 0.6 is 11.3 Å². The smallest absolute Gasteiger partial charge is 0.321 e. The molecule has 0 saturated carbocycles. The van der Waals surface area contributed by atoms with E-state index in [-0.39, 0.29) is 12.6 Å². The van der Waals surface area contributed by atoms with E-state index in [0.717, 1.165) is 11.3 Å². The molecule has 0 bridgehead atoms. The van der Waals surface area contributed by atoms with Gasteiger partial charge in [0.05, 0.1) is 11.1 Å². The van der Waals surface area contributed by atoms with Crippen LogP contribution in [0.2, 0.25) is 0 Å². The third-order valence-electron chi connectivity index (χ3n) is 3.37. The Morgan fingerprint density at radius 2 is 2.22 bits per heavy atom. The number of carbonyl (C=O) groups excluding carboxylic acids is 1. The molecule has 1 aliphatic rings.